The maximum atomic E-state index is 12.0. The van der Waals surface area contributed by atoms with Gasteiger partial charge in [-0.05, 0) is 37.7 Å². The fourth-order valence-corrected chi connectivity index (χ4v) is 2.46. The Hall–Kier alpha value is -0.910. The number of nitrogens with one attached hydrogen (secondary N) is 1. The molecule has 0 aromatic carbocycles. The van der Waals surface area contributed by atoms with E-state index in [4.69, 9.17) is 10.9 Å². The third kappa shape index (κ3) is 3.28. The maximum absolute atomic E-state index is 12.0. The van der Waals surface area contributed by atoms with Gasteiger partial charge in [0.15, 0.2) is 5.84 Å². The summed E-state index contributed by atoms with van der Waals surface area (Å²) in [7, 11) is 0. The van der Waals surface area contributed by atoms with Crippen LogP contribution < -0.4 is 11.1 Å². The first kappa shape index (κ1) is 14.2. The van der Waals surface area contributed by atoms with Crippen LogP contribution in [0.15, 0.2) is 5.16 Å². The van der Waals surface area contributed by atoms with Crippen molar-refractivity contribution >= 4 is 23.5 Å². The van der Waals surface area contributed by atoms with Gasteiger partial charge in [0.25, 0.3) is 0 Å². The molecule has 0 unspecified atom stereocenters. The van der Waals surface area contributed by atoms with Gasteiger partial charge in [-0.2, -0.15) is 11.8 Å². The molecule has 17 heavy (non-hydrogen) atoms. The van der Waals surface area contributed by atoms with Crippen LogP contribution in [0.1, 0.15) is 32.1 Å². The molecule has 1 saturated carbocycles. The number of carbonyl (C=O) groups is 1. The molecule has 0 aliphatic heterocycles. The highest BCUT2D eigenvalue weighted by atomic mass is 32.2. The quantitative estimate of drug-likeness (QED) is 0.210. The summed E-state index contributed by atoms with van der Waals surface area (Å²) in [5.74, 6) is 1.06. The molecule has 0 radical (unpaired) electrons. The number of nitrogens with zero attached hydrogens (tertiary/aromatic N) is 1. The molecule has 1 aliphatic carbocycles. The first-order valence-corrected chi connectivity index (χ1v) is 7.32. The van der Waals surface area contributed by atoms with Crippen LogP contribution >= 0.6 is 11.8 Å². The van der Waals surface area contributed by atoms with Crippen molar-refractivity contribution in [1.29, 1.82) is 0 Å². The van der Waals surface area contributed by atoms with Crippen molar-refractivity contribution in [3.63, 3.8) is 0 Å². The predicted octanol–water partition coefficient (Wildman–Crippen LogP) is 1.16. The van der Waals surface area contributed by atoms with E-state index < -0.39 is 5.41 Å². The Morgan fingerprint density at radius 1 is 1.53 bits per heavy atom. The van der Waals surface area contributed by atoms with E-state index in [0.717, 1.165) is 25.0 Å². The number of amidine groups is 1. The Morgan fingerprint density at radius 2 is 2.24 bits per heavy atom. The summed E-state index contributed by atoms with van der Waals surface area (Å²) in [6, 6.07) is 0. The second-order valence-electron chi connectivity index (χ2n) is 4.38. The molecule has 0 aromatic rings. The van der Waals surface area contributed by atoms with E-state index in [-0.39, 0.29) is 11.7 Å². The number of unbranched alkanes of at least 4 members (excludes halogenated alkanes) is 1. The lowest BCUT2D eigenvalue weighted by Gasteiger charge is -2.38. The van der Waals surface area contributed by atoms with E-state index in [1.165, 1.54) is 0 Å². The number of nitrogens with two attached hydrogens (primary N) is 1. The minimum Gasteiger partial charge on any atom is -0.409 e. The Bertz CT molecular complexity index is 290. The highest BCUT2D eigenvalue weighted by molar-refractivity contribution is 7.98. The zero-order chi connectivity index (χ0) is 12.7. The minimum absolute atomic E-state index is 0.0466. The number of thioether (sulfide) groups is 1. The topological polar surface area (TPSA) is 87.7 Å². The van der Waals surface area contributed by atoms with E-state index in [1.54, 1.807) is 11.8 Å². The maximum Gasteiger partial charge on any atom is 0.233 e. The average molecular weight is 259 g/mol. The smallest absolute Gasteiger partial charge is 0.233 e. The van der Waals surface area contributed by atoms with Crippen LogP contribution in [-0.2, 0) is 4.79 Å². The monoisotopic (exact) mass is 259 g/mol. The van der Waals surface area contributed by atoms with Crippen LogP contribution in [0.5, 0.6) is 0 Å². The van der Waals surface area contributed by atoms with E-state index in [2.05, 4.69) is 16.7 Å². The molecule has 0 saturated heterocycles. The first-order valence-electron chi connectivity index (χ1n) is 5.92. The molecule has 0 aromatic heterocycles. The van der Waals surface area contributed by atoms with Crippen molar-refractivity contribution in [1.82, 2.24) is 5.32 Å². The lowest BCUT2D eigenvalue weighted by Crippen LogP contribution is -2.54. The Balaban J connectivity index is 2.35. The van der Waals surface area contributed by atoms with E-state index in [0.29, 0.717) is 19.4 Å². The van der Waals surface area contributed by atoms with Crippen molar-refractivity contribution < 1.29 is 10.0 Å². The standard InChI is InChI=1S/C11H21N3O2S/c1-17-8-3-2-7-13-10(15)11(5-4-6-11)9(12)14-16/h16H,2-8H2,1H3,(H2,12,14)(H,13,15). The third-order valence-corrected chi connectivity index (χ3v) is 4.00. The number of carbonyl (C=O) groups excluding carboxylic acids is 1. The van der Waals surface area contributed by atoms with Crippen LogP contribution in [-0.4, -0.2) is 35.5 Å². The first-order chi connectivity index (χ1) is 8.17. The van der Waals surface area contributed by atoms with Gasteiger partial charge in [-0.1, -0.05) is 11.6 Å². The number of hydrogen-bond donors (Lipinski definition) is 3. The van der Waals surface area contributed by atoms with Gasteiger partial charge in [0.05, 0.1) is 0 Å². The highest BCUT2D eigenvalue weighted by Crippen LogP contribution is 2.41. The Morgan fingerprint density at radius 3 is 2.71 bits per heavy atom. The lowest BCUT2D eigenvalue weighted by molar-refractivity contribution is -0.131. The summed E-state index contributed by atoms with van der Waals surface area (Å²) >= 11 is 1.81. The van der Waals surface area contributed by atoms with Gasteiger partial charge in [-0.25, -0.2) is 0 Å². The van der Waals surface area contributed by atoms with Crippen molar-refractivity contribution in [3.05, 3.63) is 0 Å². The molecule has 0 bridgehead atoms. The molecule has 0 atom stereocenters. The highest BCUT2D eigenvalue weighted by Gasteiger charge is 2.48. The lowest BCUT2D eigenvalue weighted by atomic mass is 9.67. The van der Waals surface area contributed by atoms with E-state index in [9.17, 15) is 4.79 Å². The number of amides is 1. The van der Waals surface area contributed by atoms with Crippen LogP contribution in [0.3, 0.4) is 0 Å². The summed E-state index contributed by atoms with van der Waals surface area (Å²) in [6.07, 6.45) is 6.45. The molecular formula is C11H21N3O2S. The molecule has 98 valence electrons. The molecule has 0 heterocycles. The molecule has 5 nitrogen and oxygen atoms in total. The van der Waals surface area contributed by atoms with Crippen molar-refractivity contribution in [2.24, 2.45) is 16.3 Å². The summed E-state index contributed by atoms with van der Waals surface area (Å²) in [5.41, 5.74) is 4.86. The molecule has 0 spiro atoms. The molecule has 6 heteroatoms. The average Bonchev–Trinajstić information content (AvgIpc) is 2.27. The fourth-order valence-electron chi connectivity index (χ4n) is 1.97. The normalized spacial score (nSPS) is 18.5. The third-order valence-electron chi connectivity index (χ3n) is 3.30. The fraction of sp³-hybridized carbons (Fsp3) is 0.818. The second kappa shape index (κ2) is 6.74. The number of rotatable bonds is 7. The predicted molar refractivity (Wildman–Crippen MR) is 70.3 cm³/mol. The summed E-state index contributed by atoms with van der Waals surface area (Å²) in [6.45, 7) is 0.667. The van der Waals surface area contributed by atoms with Gasteiger partial charge in [-0.3, -0.25) is 4.79 Å². The Labute approximate surface area is 106 Å². The van der Waals surface area contributed by atoms with Crippen molar-refractivity contribution in [3.8, 4) is 0 Å². The zero-order valence-electron chi connectivity index (χ0n) is 10.2. The summed E-state index contributed by atoms with van der Waals surface area (Å²) in [5, 5.41) is 14.6. The van der Waals surface area contributed by atoms with Gasteiger partial charge in [0.2, 0.25) is 5.91 Å². The molecule has 1 amide bonds. The van der Waals surface area contributed by atoms with Gasteiger partial charge in [0, 0.05) is 6.54 Å². The van der Waals surface area contributed by atoms with Gasteiger partial charge >= 0.3 is 0 Å². The van der Waals surface area contributed by atoms with Crippen molar-refractivity contribution in [2.75, 3.05) is 18.6 Å². The summed E-state index contributed by atoms with van der Waals surface area (Å²) in [4.78, 5) is 12.0. The molecule has 4 N–H and O–H groups in total. The van der Waals surface area contributed by atoms with E-state index in [1.807, 2.05) is 0 Å². The van der Waals surface area contributed by atoms with Crippen molar-refractivity contribution in [2.45, 2.75) is 32.1 Å². The van der Waals surface area contributed by atoms with Gasteiger partial charge in [0.1, 0.15) is 5.41 Å². The van der Waals surface area contributed by atoms with Crippen LogP contribution in [0.2, 0.25) is 0 Å². The van der Waals surface area contributed by atoms with Crippen LogP contribution in [0, 0.1) is 5.41 Å². The largest absolute Gasteiger partial charge is 0.409 e. The van der Waals surface area contributed by atoms with E-state index >= 15 is 0 Å². The van der Waals surface area contributed by atoms with Gasteiger partial charge < -0.3 is 16.3 Å². The molecule has 1 fully saturated rings. The Kier molecular flexibility index (Phi) is 5.61. The minimum atomic E-state index is -0.742. The summed E-state index contributed by atoms with van der Waals surface area (Å²) < 4.78 is 0. The second-order valence-corrected chi connectivity index (χ2v) is 5.36. The van der Waals surface area contributed by atoms with Crippen LogP contribution in [0.25, 0.3) is 0 Å². The molecule has 1 rings (SSSR count). The molecular weight excluding hydrogens is 238 g/mol. The zero-order valence-corrected chi connectivity index (χ0v) is 11.1. The van der Waals surface area contributed by atoms with Gasteiger partial charge in [-0.15, -0.1) is 0 Å². The number of oxime groups is 1. The number of hydrogen-bond acceptors (Lipinski definition) is 4. The SMILES string of the molecule is CSCCCCNC(=O)C1(C(N)=NO)CCC1. The molecule has 1 aliphatic rings. The van der Waals surface area contributed by atoms with Crippen LogP contribution in [0.4, 0.5) is 0 Å².